The molecule has 0 saturated heterocycles. The number of benzene rings is 4. The average molecular weight is 997 g/mol. The number of aryl methyl sites for hydroxylation is 2. The second-order valence-corrected chi connectivity index (χ2v) is 23.3. The Bertz CT molecular complexity index is 2580. The Morgan fingerprint density at radius 3 is 2.00 bits per heavy atom. The molecule has 0 saturated carbocycles. The van der Waals surface area contributed by atoms with Crippen LogP contribution in [0.3, 0.4) is 0 Å². The molecule has 3 aliphatic rings. The van der Waals surface area contributed by atoms with E-state index in [2.05, 4.69) is 201 Å². The summed E-state index contributed by atoms with van der Waals surface area (Å²) in [5.41, 5.74) is 13.7. The first kappa shape index (κ1) is 44.4. The Morgan fingerprint density at radius 2 is 1.35 bits per heavy atom. The molecule has 1 aromatic heterocycles. The maximum absolute atomic E-state index is 6.87. The summed E-state index contributed by atoms with van der Waals surface area (Å²) in [5.74, 6) is 2.20. The number of thioether (sulfide) groups is 1. The van der Waals surface area contributed by atoms with Gasteiger partial charge in [-0.25, -0.2) is 4.98 Å². The van der Waals surface area contributed by atoms with Crippen LogP contribution in [-0.4, -0.2) is 15.6 Å². The average Bonchev–Trinajstić information content (AvgIpc) is 3.48. The zero-order valence-corrected chi connectivity index (χ0v) is 42.0. The number of ether oxygens (including phenoxy) is 1. The fraction of sp³-hybridized carbons (Fsp3) is 0.444. The van der Waals surface area contributed by atoms with Crippen LogP contribution in [0.15, 0.2) is 77.9 Å². The Balaban J connectivity index is 0.00000544. The monoisotopic (exact) mass is 996 g/mol. The summed E-state index contributed by atoms with van der Waals surface area (Å²) in [4.78, 5) is 13.0. The fourth-order valence-corrected chi connectivity index (χ4v) is 11.6. The largest absolute Gasteiger partial charge is 2.00 e. The van der Waals surface area contributed by atoms with E-state index in [1.807, 2.05) is 18.0 Å². The molecule has 0 fully saturated rings. The van der Waals surface area contributed by atoms with Crippen LogP contribution in [0.1, 0.15) is 159 Å². The van der Waals surface area contributed by atoms with Gasteiger partial charge in [-0.3, -0.25) is 0 Å². The molecule has 2 aliphatic heterocycles. The summed E-state index contributed by atoms with van der Waals surface area (Å²) >= 11 is 1.91. The maximum Gasteiger partial charge on any atom is 2.00 e. The summed E-state index contributed by atoms with van der Waals surface area (Å²) < 4.78 is 6.60. The number of nitrogens with zero attached hydrogens (tertiary/aromatic N) is 3. The molecule has 4 nitrogen and oxygen atoms in total. The van der Waals surface area contributed by atoms with Gasteiger partial charge in [-0.05, 0) is 87.1 Å². The van der Waals surface area contributed by atoms with E-state index in [1.54, 1.807) is 0 Å². The van der Waals surface area contributed by atoms with Gasteiger partial charge in [0.15, 0.2) is 0 Å². The Kier molecular flexibility index (Phi) is 10.5. The van der Waals surface area contributed by atoms with Gasteiger partial charge in [0.1, 0.15) is 5.82 Å². The van der Waals surface area contributed by atoms with E-state index < -0.39 is 0 Å². The van der Waals surface area contributed by atoms with E-state index in [-0.39, 0.29) is 58.4 Å². The molecule has 0 radical (unpaired) electrons. The molecule has 2 atom stereocenters. The molecule has 8 rings (SSSR count). The number of fused-ring (bicyclic) bond motifs is 5. The number of hydrogen-bond donors (Lipinski definition) is 0. The van der Waals surface area contributed by atoms with Gasteiger partial charge in [-0.1, -0.05) is 152 Å². The molecule has 5 aromatic rings. The smallest absolute Gasteiger partial charge is 0.503 e. The van der Waals surface area contributed by atoms with Crippen molar-refractivity contribution in [2.45, 2.75) is 155 Å². The predicted molar refractivity (Wildman–Crippen MR) is 250 cm³/mol. The molecule has 4 aromatic carbocycles. The van der Waals surface area contributed by atoms with Crippen LogP contribution in [0.5, 0.6) is 11.5 Å². The van der Waals surface area contributed by atoms with Gasteiger partial charge in [0.2, 0.25) is 0 Å². The first-order chi connectivity index (χ1) is 27.2. The van der Waals surface area contributed by atoms with E-state index in [0.29, 0.717) is 11.5 Å². The molecular weight excluding hydrogens is 934 g/mol. The molecule has 1 aliphatic carbocycles. The molecule has 0 spiro atoms. The predicted octanol–water partition coefficient (Wildman–Crippen LogP) is 14.5. The van der Waals surface area contributed by atoms with Gasteiger partial charge in [0.25, 0.3) is 0 Å². The van der Waals surface area contributed by atoms with Crippen LogP contribution >= 0.6 is 11.8 Å². The Labute approximate surface area is 379 Å². The minimum absolute atomic E-state index is 0. The van der Waals surface area contributed by atoms with Crippen molar-refractivity contribution in [1.82, 2.24) is 4.98 Å². The van der Waals surface area contributed by atoms with Crippen molar-refractivity contribution in [1.29, 1.82) is 0 Å². The number of aliphatic imine (C=N–C) groups is 1. The number of pyridine rings is 1. The van der Waals surface area contributed by atoms with Gasteiger partial charge in [0.05, 0.1) is 10.3 Å². The van der Waals surface area contributed by atoms with Crippen molar-refractivity contribution in [3.05, 3.63) is 141 Å². The Morgan fingerprint density at radius 1 is 0.683 bits per heavy atom. The first-order valence-electron chi connectivity index (χ1n) is 21.3. The zero-order chi connectivity index (χ0) is 43.0. The third kappa shape index (κ3) is 6.66. The molecule has 3 heterocycles. The maximum atomic E-state index is 6.87. The van der Waals surface area contributed by atoms with Crippen LogP contribution < -0.4 is 9.64 Å². The topological polar surface area (TPSA) is 37.7 Å². The van der Waals surface area contributed by atoms with Crippen molar-refractivity contribution in [3.63, 3.8) is 0 Å². The molecule has 0 N–H and O–H groups in total. The van der Waals surface area contributed by atoms with Gasteiger partial charge in [-0.2, -0.15) is 6.07 Å². The minimum atomic E-state index is -0.387. The molecule has 6 heteroatoms. The van der Waals surface area contributed by atoms with Crippen LogP contribution in [0.25, 0.3) is 0 Å². The molecular formula is C54H63N3OPtS. The zero-order valence-electron chi connectivity index (χ0n) is 38.9. The normalized spacial score (nSPS) is 21.4. The summed E-state index contributed by atoms with van der Waals surface area (Å²) in [7, 11) is 0. The number of hydrogen-bond acceptors (Lipinski definition) is 5. The van der Waals surface area contributed by atoms with E-state index in [0.717, 1.165) is 38.9 Å². The summed E-state index contributed by atoms with van der Waals surface area (Å²) in [6, 6.07) is 32.0. The minimum Gasteiger partial charge on any atom is -0.503 e. The summed E-state index contributed by atoms with van der Waals surface area (Å²) in [6.45, 7) is 39.3. The molecule has 0 unspecified atom stereocenters. The van der Waals surface area contributed by atoms with E-state index >= 15 is 0 Å². The number of rotatable bonds is 4. The van der Waals surface area contributed by atoms with E-state index in [4.69, 9.17) is 14.7 Å². The van der Waals surface area contributed by atoms with Crippen molar-refractivity contribution >= 4 is 34.0 Å². The van der Waals surface area contributed by atoms with Crippen molar-refractivity contribution < 1.29 is 25.8 Å². The summed E-state index contributed by atoms with van der Waals surface area (Å²) in [5, 5.41) is 1.03. The van der Waals surface area contributed by atoms with Crippen LogP contribution in [0.2, 0.25) is 0 Å². The van der Waals surface area contributed by atoms with Crippen molar-refractivity contribution in [2.24, 2.45) is 4.99 Å². The molecule has 316 valence electrons. The fourth-order valence-electron chi connectivity index (χ4n) is 9.87. The van der Waals surface area contributed by atoms with Gasteiger partial charge >= 0.3 is 21.1 Å². The van der Waals surface area contributed by atoms with Crippen LogP contribution in [-0.2, 0) is 52.9 Å². The Hall–Kier alpha value is -3.66. The number of para-hydroxylation sites is 1. The molecule has 0 bridgehead atoms. The van der Waals surface area contributed by atoms with Crippen LogP contribution in [0, 0.1) is 26.0 Å². The number of anilines is 3. The number of aromatic nitrogens is 1. The van der Waals surface area contributed by atoms with Gasteiger partial charge in [0, 0.05) is 33.8 Å². The van der Waals surface area contributed by atoms with Gasteiger partial charge < -0.3 is 14.6 Å². The third-order valence-electron chi connectivity index (χ3n) is 14.0. The third-order valence-corrected chi connectivity index (χ3v) is 15.5. The first-order valence-corrected chi connectivity index (χ1v) is 22.2. The van der Waals surface area contributed by atoms with E-state index in [1.165, 1.54) is 38.9 Å². The second-order valence-electron chi connectivity index (χ2n) is 21.9. The van der Waals surface area contributed by atoms with Crippen molar-refractivity contribution in [3.8, 4) is 11.5 Å². The molecule has 60 heavy (non-hydrogen) atoms. The molecule has 0 amide bonds. The summed E-state index contributed by atoms with van der Waals surface area (Å²) in [6.07, 6.45) is 1.93. The van der Waals surface area contributed by atoms with Crippen molar-refractivity contribution in [2.75, 3.05) is 4.90 Å². The van der Waals surface area contributed by atoms with Gasteiger partial charge in [-0.15, -0.1) is 46.7 Å². The second kappa shape index (κ2) is 14.2. The van der Waals surface area contributed by atoms with Crippen LogP contribution in [0.4, 0.5) is 17.2 Å². The quantitative estimate of drug-likeness (QED) is 0.168. The standard InChI is InChI=1S/C54H63N3OS.Pt/c1-32-26-33(2)44(31-37(32)47-56-54(17)52(14,15)46-40(50(9,10)11)27-35(49(6,7)8)28-41(46)53(54,16)59-47)58-36-22-23-39-43(30-36)57(42-21-19-18-20-38(42)51(39,12)13)45-29-34(24-25-55-45)48(3,4)5;/h18-29H,1-17H3;/q-2;+2/t53-,54+;/m0./s1. The van der Waals surface area contributed by atoms with E-state index in [9.17, 15) is 0 Å². The SMILES string of the molecule is Cc1cc(C)c(C2=N[C@]3(C)C(C)(C)c4c(C(C)(C)C)cc(C(C)(C)C)cc4[C@]3(C)S2)[c-]c1Oc1[c-]c2c(cc1)C(C)(C)c1ccccc1N2c1cc(C(C)(C)C)ccn1.[Pt+2].